The van der Waals surface area contributed by atoms with Gasteiger partial charge >= 0.3 is 0 Å². The molecule has 0 aliphatic rings. The number of aliphatic imine (C=N–C) groups is 1. The van der Waals surface area contributed by atoms with E-state index in [1.165, 1.54) is 0 Å². The number of aromatic nitrogens is 2. The number of nitrogens with zero attached hydrogens (tertiary/aromatic N) is 3. The average Bonchev–Trinajstić information content (AvgIpc) is 2.97. The zero-order chi connectivity index (χ0) is 20.5. The van der Waals surface area contributed by atoms with Crippen molar-refractivity contribution in [2.24, 2.45) is 4.99 Å². The lowest BCUT2D eigenvalue weighted by molar-refractivity contribution is 0.182. The van der Waals surface area contributed by atoms with Crippen molar-refractivity contribution in [3.63, 3.8) is 0 Å². The summed E-state index contributed by atoms with van der Waals surface area (Å²) in [5, 5.41) is 11.2. The molecule has 0 radical (unpaired) electrons. The number of rotatable bonds is 9. The zero-order valence-corrected chi connectivity index (χ0v) is 17.6. The normalized spacial score (nSPS) is 11.4. The van der Waals surface area contributed by atoms with Crippen LogP contribution in [0.4, 0.5) is 5.69 Å². The van der Waals surface area contributed by atoms with Crippen LogP contribution in [-0.2, 0) is 17.8 Å². The molecule has 154 valence electrons. The Morgan fingerprint density at radius 2 is 2.00 bits per heavy atom. The summed E-state index contributed by atoms with van der Waals surface area (Å²) in [4.78, 5) is 4.30. The highest BCUT2D eigenvalue weighted by atomic mass is 16.5. The van der Waals surface area contributed by atoms with E-state index >= 15 is 0 Å². The van der Waals surface area contributed by atoms with E-state index < -0.39 is 0 Å². The minimum Gasteiger partial charge on any atom is -0.493 e. The van der Waals surface area contributed by atoms with E-state index in [9.17, 15) is 0 Å². The van der Waals surface area contributed by atoms with E-state index in [-0.39, 0.29) is 0 Å². The molecule has 0 amide bonds. The van der Waals surface area contributed by atoms with Gasteiger partial charge in [-0.2, -0.15) is 5.10 Å². The molecule has 2 N–H and O–H groups in total. The number of ether oxygens (including phenoxy) is 3. The summed E-state index contributed by atoms with van der Waals surface area (Å²) in [6.07, 6.45) is 0. The first-order valence-corrected chi connectivity index (χ1v) is 9.34. The molecular formula is C20H31N5O3. The molecule has 1 aromatic carbocycles. The van der Waals surface area contributed by atoms with Crippen LogP contribution >= 0.6 is 0 Å². The summed E-state index contributed by atoms with van der Waals surface area (Å²) in [6, 6.07) is 5.70. The van der Waals surface area contributed by atoms with Crippen molar-refractivity contribution in [1.82, 2.24) is 15.1 Å². The van der Waals surface area contributed by atoms with Gasteiger partial charge in [-0.05, 0) is 32.9 Å². The molecule has 0 fully saturated rings. The van der Waals surface area contributed by atoms with E-state index in [1.54, 1.807) is 21.3 Å². The number of nitrogens with one attached hydrogen (secondary N) is 2. The second kappa shape index (κ2) is 10.6. The Hall–Kier alpha value is -2.74. The molecule has 8 nitrogen and oxygen atoms in total. The first-order chi connectivity index (χ1) is 13.5. The molecule has 0 aliphatic heterocycles. The molecule has 0 atom stereocenters. The summed E-state index contributed by atoms with van der Waals surface area (Å²) < 4.78 is 18.1. The second-order valence-electron chi connectivity index (χ2n) is 6.21. The SMILES string of the molecule is CCOc1ccc(NC(=NC)NCc2c(C)nn(CCOC)c2C)cc1OC. The van der Waals surface area contributed by atoms with Crippen LogP contribution in [0.3, 0.4) is 0 Å². The second-order valence-corrected chi connectivity index (χ2v) is 6.21. The largest absolute Gasteiger partial charge is 0.493 e. The maximum atomic E-state index is 5.56. The van der Waals surface area contributed by atoms with Gasteiger partial charge in [-0.15, -0.1) is 0 Å². The van der Waals surface area contributed by atoms with Gasteiger partial charge in [0.05, 0.1) is 32.6 Å². The van der Waals surface area contributed by atoms with Crippen LogP contribution in [0.15, 0.2) is 23.2 Å². The van der Waals surface area contributed by atoms with Crippen molar-refractivity contribution in [2.75, 3.05) is 39.8 Å². The highest BCUT2D eigenvalue weighted by molar-refractivity contribution is 5.93. The number of guanidine groups is 1. The molecule has 28 heavy (non-hydrogen) atoms. The molecular weight excluding hydrogens is 358 g/mol. The number of hydrogen-bond donors (Lipinski definition) is 2. The third-order valence-corrected chi connectivity index (χ3v) is 4.42. The predicted octanol–water partition coefficient (Wildman–Crippen LogP) is 2.74. The third-order valence-electron chi connectivity index (χ3n) is 4.42. The van der Waals surface area contributed by atoms with Crippen molar-refractivity contribution in [3.8, 4) is 11.5 Å². The Bertz CT molecular complexity index is 801. The number of methoxy groups -OCH3 is 2. The van der Waals surface area contributed by atoms with Gasteiger partial charge in [0.15, 0.2) is 17.5 Å². The van der Waals surface area contributed by atoms with Crippen LogP contribution in [-0.4, -0.2) is 50.2 Å². The van der Waals surface area contributed by atoms with Crippen molar-refractivity contribution in [2.45, 2.75) is 33.9 Å². The topological polar surface area (TPSA) is 81.9 Å². The Morgan fingerprint density at radius 3 is 2.64 bits per heavy atom. The number of hydrogen-bond acceptors (Lipinski definition) is 5. The van der Waals surface area contributed by atoms with Gasteiger partial charge in [-0.3, -0.25) is 9.67 Å². The first kappa shape index (κ1) is 21.6. The summed E-state index contributed by atoms with van der Waals surface area (Å²) in [5.74, 6) is 2.05. The van der Waals surface area contributed by atoms with Crippen molar-refractivity contribution in [3.05, 3.63) is 35.2 Å². The smallest absolute Gasteiger partial charge is 0.195 e. The summed E-state index contributed by atoms with van der Waals surface area (Å²) >= 11 is 0. The monoisotopic (exact) mass is 389 g/mol. The minimum atomic E-state index is 0.586. The van der Waals surface area contributed by atoms with E-state index in [4.69, 9.17) is 14.2 Å². The molecule has 2 rings (SSSR count). The lowest BCUT2D eigenvalue weighted by atomic mass is 10.2. The molecule has 0 aliphatic carbocycles. The van der Waals surface area contributed by atoms with Gasteiger partial charge in [0.25, 0.3) is 0 Å². The Labute approximate surface area is 166 Å². The van der Waals surface area contributed by atoms with Crippen LogP contribution in [0.25, 0.3) is 0 Å². The fraction of sp³-hybridized carbons (Fsp3) is 0.500. The number of aryl methyl sites for hydroxylation is 1. The molecule has 0 bridgehead atoms. The van der Waals surface area contributed by atoms with Gasteiger partial charge < -0.3 is 24.8 Å². The van der Waals surface area contributed by atoms with Crippen molar-refractivity contribution >= 4 is 11.6 Å². The lowest BCUT2D eigenvalue weighted by Gasteiger charge is -2.15. The first-order valence-electron chi connectivity index (χ1n) is 9.34. The lowest BCUT2D eigenvalue weighted by Crippen LogP contribution is -2.30. The minimum absolute atomic E-state index is 0.586. The average molecular weight is 390 g/mol. The van der Waals surface area contributed by atoms with E-state index in [0.29, 0.717) is 37.2 Å². The van der Waals surface area contributed by atoms with Crippen molar-refractivity contribution < 1.29 is 14.2 Å². The standard InChI is InChI=1S/C20H31N5O3/c1-7-28-18-9-8-16(12-19(18)27-6)23-20(21-4)22-13-17-14(2)24-25(15(17)3)10-11-26-5/h8-9,12H,7,10-11,13H2,1-6H3,(H2,21,22,23). The van der Waals surface area contributed by atoms with E-state index in [0.717, 1.165) is 29.2 Å². The van der Waals surface area contributed by atoms with Gasteiger partial charge in [0, 0.05) is 43.7 Å². The van der Waals surface area contributed by atoms with Gasteiger partial charge in [0.2, 0.25) is 0 Å². The Kier molecular flexibility index (Phi) is 8.13. The van der Waals surface area contributed by atoms with Gasteiger partial charge in [-0.25, -0.2) is 0 Å². The molecule has 1 aromatic heterocycles. The number of anilines is 1. The van der Waals surface area contributed by atoms with Crippen LogP contribution in [0.5, 0.6) is 11.5 Å². The maximum absolute atomic E-state index is 5.56. The summed E-state index contributed by atoms with van der Waals surface area (Å²) in [6.45, 7) is 8.61. The summed E-state index contributed by atoms with van der Waals surface area (Å²) in [7, 11) is 5.06. The van der Waals surface area contributed by atoms with Crippen LogP contribution < -0.4 is 20.1 Å². The Morgan fingerprint density at radius 1 is 1.21 bits per heavy atom. The molecule has 0 saturated heterocycles. The van der Waals surface area contributed by atoms with Crippen LogP contribution in [0.1, 0.15) is 23.9 Å². The maximum Gasteiger partial charge on any atom is 0.195 e. The summed E-state index contributed by atoms with van der Waals surface area (Å²) in [5.41, 5.74) is 4.14. The predicted molar refractivity (Wildman–Crippen MR) is 112 cm³/mol. The third kappa shape index (κ3) is 5.39. The number of benzene rings is 1. The fourth-order valence-electron chi connectivity index (χ4n) is 2.89. The molecule has 1 heterocycles. The fourth-order valence-corrected chi connectivity index (χ4v) is 2.89. The highest BCUT2D eigenvalue weighted by Crippen LogP contribution is 2.30. The highest BCUT2D eigenvalue weighted by Gasteiger charge is 2.12. The zero-order valence-electron chi connectivity index (χ0n) is 17.6. The van der Waals surface area contributed by atoms with Crippen LogP contribution in [0, 0.1) is 13.8 Å². The Balaban J connectivity index is 2.05. The van der Waals surface area contributed by atoms with E-state index in [1.807, 2.05) is 36.7 Å². The van der Waals surface area contributed by atoms with E-state index in [2.05, 4.69) is 27.6 Å². The van der Waals surface area contributed by atoms with Crippen LogP contribution in [0.2, 0.25) is 0 Å². The molecule has 0 saturated carbocycles. The quantitative estimate of drug-likeness (QED) is 0.507. The molecule has 8 heteroatoms. The molecule has 0 unspecified atom stereocenters. The van der Waals surface area contributed by atoms with Crippen molar-refractivity contribution in [1.29, 1.82) is 0 Å². The molecule has 2 aromatic rings. The van der Waals surface area contributed by atoms with Gasteiger partial charge in [-0.1, -0.05) is 0 Å². The van der Waals surface area contributed by atoms with Gasteiger partial charge in [0.1, 0.15) is 0 Å². The molecule has 0 spiro atoms.